The highest BCUT2D eigenvalue weighted by atomic mass is 79.9. The molecular weight excluding hydrogens is 283 g/mol. The molecule has 82 valence electrons. The van der Waals surface area contributed by atoms with E-state index in [4.69, 9.17) is 16.7 Å². The summed E-state index contributed by atoms with van der Waals surface area (Å²) >= 11 is 8.95. The van der Waals surface area contributed by atoms with Gasteiger partial charge in [-0.2, -0.15) is 0 Å². The van der Waals surface area contributed by atoms with Crippen LogP contribution in [0.2, 0.25) is 5.15 Å². The Balaban J connectivity index is 2.77. The van der Waals surface area contributed by atoms with Gasteiger partial charge in [-0.05, 0) is 28.9 Å². The van der Waals surface area contributed by atoms with Gasteiger partial charge in [0.05, 0.1) is 11.7 Å². The zero-order valence-electron chi connectivity index (χ0n) is 8.00. The van der Waals surface area contributed by atoms with Gasteiger partial charge in [-0.3, -0.25) is 4.79 Å². The number of nitrogens with one attached hydrogen (secondary N) is 1. The van der Waals surface area contributed by atoms with Crippen molar-refractivity contribution in [3.8, 4) is 0 Å². The topological polar surface area (TPSA) is 62.2 Å². The van der Waals surface area contributed by atoms with E-state index in [0.29, 0.717) is 4.47 Å². The molecule has 0 aliphatic rings. The average Bonchev–Trinajstić information content (AvgIpc) is 2.18. The summed E-state index contributed by atoms with van der Waals surface area (Å²) in [5, 5.41) is 11.7. The first kappa shape index (κ1) is 12.4. The predicted octanol–water partition coefficient (Wildman–Crippen LogP) is 1.61. The van der Waals surface area contributed by atoms with Gasteiger partial charge in [-0.15, -0.1) is 0 Å². The van der Waals surface area contributed by atoms with Crippen molar-refractivity contribution in [1.82, 2.24) is 10.3 Å². The number of carbonyl (C=O) groups is 1. The molecule has 1 heterocycles. The Morgan fingerprint density at radius 3 is 3.07 bits per heavy atom. The second kappa shape index (κ2) is 5.44. The molecular formula is C9H10BrClN2O2. The molecule has 15 heavy (non-hydrogen) atoms. The SMILES string of the molecule is C[C@H](O)CNC(=O)c1cc(Br)cnc1Cl. The maximum Gasteiger partial charge on any atom is 0.254 e. The highest BCUT2D eigenvalue weighted by Gasteiger charge is 2.12. The van der Waals surface area contributed by atoms with Crippen LogP contribution in [0.15, 0.2) is 16.7 Å². The molecule has 0 radical (unpaired) electrons. The van der Waals surface area contributed by atoms with Crippen LogP contribution in [0.1, 0.15) is 17.3 Å². The van der Waals surface area contributed by atoms with Crippen LogP contribution in [0.3, 0.4) is 0 Å². The van der Waals surface area contributed by atoms with E-state index in [2.05, 4.69) is 26.2 Å². The lowest BCUT2D eigenvalue weighted by molar-refractivity contribution is 0.0924. The number of aliphatic hydroxyl groups is 1. The van der Waals surface area contributed by atoms with E-state index in [9.17, 15) is 4.79 Å². The third-order valence-corrected chi connectivity index (χ3v) is 2.34. The Kier molecular flexibility index (Phi) is 4.50. The third-order valence-electron chi connectivity index (χ3n) is 1.61. The van der Waals surface area contributed by atoms with E-state index in [1.165, 1.54) is 6.20 Å². The Hall–Kier alpha value is -0.650. The van der Waals surface area contributed by atoms with E-state index in [-0.39, 0.29) is 23.2 Å². The van der Waals surface area contributed by atoms with E-state index >= 15 is 0 Å². The molecule has 2 N–H and O–H groups in total. The number of hydrogen-bond acceptors (Lipinski definition) is 3. The lowest BCUT2D eigenvalue weighted by Gasteiger charge is -2.07. The van der Waals surface area contributed by atoms with Gasteiger partial charge in [0, 0.05) is 17.2 Å². The highest BCUT2D eigenvalue weighted by Crippen LogP contribution is 2.17. The fraction of sp³-hybridized carbons (Fsp3) is 0.333. The summed E-state index contributed by atoms with van der Waals surface area (Å²) in [4.78, 5) is 15.4. The minimum absolute atomic E-state index is 0.140. The van der Waals surface area contributed by atoms with Gasteiger partial charge >= 0.3 is 0 Å². The summed E-state index contributed by atoms with van der Waals surface area (Å²) < 4.78 is 0.675. The predicted molar refractivity (Wildman–Crippen MR) is 61.0 cm³/mol. The van der Waals surface area contributed by atoms with Gasteiger partial charge in [-0.25, -0.2) is 4.98 Å². The van der Waals surface area contributed by atoms with Crippen LogP contribution in [-0.4, -0.2) is 28.6 Å². The van der Waals surface area contributed by atoms with Gasteiger partial charge in [0.25, 0.3) is 5.91 Å². The van der Waals surface area contributed by atoms with Gasteiger partial charge in [0.15, 0.2) is 0 Å². The molecule has 0 aliphatic heterocycles. The second-order valence-corrected chi connectivity index (χ2v) is 4.32. The third kappa shape index (κ3) is 3.77. The number of hydrogen-bond donors (Lipinski definition) is 2. The fourth-order valence-corrected chi connectivity index (χ4v) is 1.44. The molecule has 6 heteroatoms. The van der Waals surface area contributed by atoms with Crippen LogP contribution < -0.4 is 5.32 Å². The van der Waals surface area contributed by atoms with Crippen LogP contribution >= 0.6 is 27.5 Å². The molecule has 4 nitrogen and oxygen atoms in total. The number of amides is 1. The van der Waals surface area contributed by atoms with Crippen molar-refractivity contribution in [3.63, 3.8) is 0 Å². The maximum absolute atomic E-state index is 11.6. The normalized spacial score (nSPS) is 12.3. The quantitative estimate of drug-likeness (QED) is 0.832. The van der Waals surface area contributed by atoms with E-state index in [0.717, 1.165) is 0 Å². The molecule has 0 aromatic carbocycles. The number of halogens is 2. The molecule has 1 aromatic rings. The molecule has 1 rings (SSSR count). The number of pyridine rings is 1. The molecule has 0 fully saturated rings. The minimum Gasteiger partial charge on any atom is -0.392 e. The molecule has 1 atom stereocenters. The molecule has 1 amide bonds. The molecule has 0 bridgehead atoms. The summed E-state index contributed by atoms with van der Waals surface area (Å²) in [6, 6.07) is 1.58. The Labute approximate surface area is 101 Å². The van der Waals surface area contributed by atoms with Crippen molar-refractivity contribution in [3.05, 3.63) is 27.5 Å². The number of aromatic nitrogens is 1. The van der Waals surface area contributed by atoms with Crippen molar-refractivity contribution in [2.75, 3.05) is 6.54 Å². The van der Waals surface area contributed by atoms with E-state index in [1.54, 1.807) is 13.0 Å². The smallest absolute Gasteiger partial charge is 0.254 e. The van der Waals surface area contributed by atoms with Crippen LogP contribution in [0.5, 0.6) is 0 Å². The van der Waals surface area contributed by atoms with Gasteiger partial charge in [0.1, 0.15) is 5.15 Å². The van der Waals surface area contributed by atoms with E-state index < -0.39 is 6.10 Å². The van der Waals surface area contributed by atoms with Gasteiger partial charge in [0.2, 0.25) is 0 Å². The molecule has 1 aromatic heterocycles. The Morgan fingerprint density at radius 1 is 1.80 bits per heavy atom. The monoisotopic (exact) mass is 292 g/mol. The fourth-order valence-electron chi connectivity index (χ4n) is 0.917. The lowest BCUT2D eigenvalue weighted by atomic mass is 10.2. The Morgan fingerprint density at radius 2 is 2.47 bits per heavy atom. The minimum atomic E-state index is -0.590. The number of carbonyl (C=O) groups excluding carboxylic acids is 1. The van der Waals surface area contributed by atoms with Crippen LogP contribution in [-0.2, 0) is 0 Å². The van der Waals surface area contributed by atoms with E-state index in [1.807, 2.05) is 0 Å². The highest BCUT2D eigenvalue weighted by molar-refractivity contribution is 9.10. The van der Waals surface area contributed by atoms with Gasteiger partial charge in [-0.1, -0.05) is 11.6 Å². The van der Waals surface area contributed by atoms with Crippen molar-refractivity contribution < 1.29 is 9.90 Å². The van der Waals surface area contributed by atoms with Crippen molar-refractivity contribution in [1.29, 1.82) is 0 Å². The standard InChI is InChI=1S/C9H10BrClN2O2/c1-5(14)3-13-9(15)7-2-6(10)4-12-8(7)11/h2,4-5,14H,3H2,1H3,(H,13,15)/t5-/m0/s1. The number of aliphatic hydroxyl groups excluding tert-OH is 1. The van der Waals surface area contributed by atoms with Crippen molar-refractivity contribution >= 4 is 33.4 Å². The maximum atomic E-state index is 11.6. The first-order valence-electron chi connectivity index (χ1n) is 4.28. The molecule has 0 saturated heterocycles. The first-order chi connectivity index (χ1) is 7.00. The van der Waals surface area contributed by atoms with Crippen molar-refractivity contribution in [2.45, 2.75) is 13.0 Å². The van der Waals surface area contributed by atoms with Crippen LogP contribution in [0, 0.1) is 0 Å². The number of nitrogens with zero attached hydrogens (tertiary/aromatic N) is 1. The zero-order valence-corrected chi connectivity index (χ0v) is 10.3. The summed E-state index contributed by atoms with van der Waals surface area (Å²) in [5.41, 5.74) is 0.284. The first-order valence-corrected chi connectivity index (χ1v) is 5.45. The summed E-state index contributed by atoms with van der Waals surface area (Å²) in [7, 11) is 0. The summed E-state index contributed by atoms with van der Waals surface area (Å²) in [6.07, 6.45) is 0.918. The lowest BCUT2D eigenvalue weighted by Crippen LogP contribution is -2.30. The Bertz CT molecular complexity index is 371. The second-order valence-electron chi connectivity index (χ2n) is 3.05. The van der Waals surface area contributed by atoms with Crippen LogP contribution in [0.25, 0.3) is 0 Å². The zero-order chi connectivity index (χ0) is 11.4. The molecule has 0 unspecified atom stereocenters. The van der Waals surface area contributed by atoms with Crippen molar-refractivity contribution in [2.24, 2.45) is 0 Å². The molecule has 0 saturated carbocycles. The number of rotatable bonds is 3. The molecule has 0 aliphatic carbocycles. The summed E-state index contributed by atoms with van der Waals surface area (Å²) in [5.74, 6) is -0.352. The van der Waals surface area contributed by atoms with Gasteiger partial charge < -0.3 is 10.4 Å². The average molecular weight is 294 g/mol. The van der Waals surface area contributed by atoms with Crippen LogP contribution in [0.4, 0.5) is 0 Å². The largest absolute Gasteiger partial charge is 0.392 e. The molecule has 0 spiro atoms. The summed E-state index contributed by atoms with van der Waals surface area (Å²) in [6.45, 7) is 1.77.